The molecule has 0 radical (unpaired) electrons. The number of nitrogens with two attached hydrogens (primary N) is 1. The van der Waals surface area contributed by atoms with Crippen molar-refractivity contribution >= 4 is 11.9 Å². The molecule has 0 bridgehead atoms. The molecular formula is C20H23NO6. The number of benzene rings is 2. The van der Waals surface area contributed by atoms with Gasteiger partial charge in [0.1, 0.15) is 11.6 Å². The minimum absolute atomic E-state index is 0.120. The lowest BCUT2D eigenvalue weighted by Crippen LogP contribution is -2.58. The Kier molecular flexibility index (Phi) is 6.07. The van der Waals surface area contributed by atoms with Gasteiger partial charge < -0.3 is 25.8 Å². The molecule has 0 aromatic heterocycles. The van der Waals surface area contributed by atoms with E-state index in [0.29, 0.717) is 11.1 Å². The lowest BCUT2D eigenvalue weighted by atomic mass is 9.78. The molecule has 0 amide bonds. The molecule has 0 heterocycles. The zero-order chi connectivity index (χ0) is 20.2. The molecular weight excluding hydrogens is 350 g/mol. The van der Waals surface area contributed by atoms with E-state index in [4.69, 9.17) is 10.5 Å². The van der Waals surface area contributed by atoms with Crippen molar-refractivity contribution in [2.75, 3.05) is 0 Å². The standard InChI is InChI=1S/C20H23NO6/c1-12(13(2)27-18(24)15-6-4-3-5-7-15)20(21,19(25)26)11-14-8-9-16(22)17(23)10-14/h3-10,12-13,22-23H,11,21H2,1-2H3,(H,25,26)/t12-,13+,20-/m1/s1. The maximum Gasteiger partial charge on any atom is 0.338 e. The highest BCUT2D eigenvalue weighted by atomic mass is 16.5. The Morgan fingerprint density at radius 2 is 1.70 bits per heavy atom. The van der Waals surface area contributed by atoms with Crippen molar-refractivity contribution in [1.29, 1.82) is 0 Å². The summed E-state index contributed by atoms with van der Waals surface area (Å²) < 4.78 is 5.40. The molecule has 0 spiro atoms. The fraction of sp³-hybridized carbons (Fsp3) is 0.300. The normalized spacial score (nSPS) is 15.4. The van der Waals surface area contributed by atoms with Crippen LogP contribution in [0.1, 0.15) is 29.8 Å². The van der Waals surface area contributed by atoms with E-state index in [-0.39, 0.29) is 17.9 Å². The van der Waals surface area contributed by atoms with Gasteiger partial charge in [-0.1, -0.05) is 31.2 Å². The van der Waals surface area contributed by atoms with Crippen molar-refractivity contribution in [2.24, 2.45) is 11.7 Å². The van der Waals surface area contributed by atoms with Gasteiger partial charge in [-0.25, -0.2) is 4.79 Å². The van der Waals surface area contributed by atoms with Crippen LogP contribution >= 0.6 is 0 Å². The van der Waals surface area contributed by atoms with Gasteiger partial charge in [-0.15, -0.1) is 0 Å². The van der Waals surface area contributed by atoms with Crippen molar-refractivity contribution in [3.8, 4) is 11.5 Å². The summed E-state index contributed by atoms with van der Waals surface area (Å²) in [5.74, 6) is -3.24. The van der Waals surface area contributed by atoms with Crippen LogP contribution in [0.3, 0.4) is 0 Å². The second-order valence-corrected chi connectivity index (χ2v) is 6.61. The van der Waals surface area contributed by atoms with Crippen LogP contribution in [-0.2, 0) is 16.0 Å². The molecule has 2 aromatic rings. The molecule has 7 heteroatoms. The minimum atomic E-state index is -1.75. The molecule has 0 fully saturated rings. The topological polar surface area (TPSA) is 130 Å². The zero-order valence-electron chi connectivity index (χ0n) is 15.1. The largest absolute Gasteiger partial charge is 0.504 e. The SMILES string of the molecule is C[C@H](OC(=O)c1ccccc1)[C@@H](C)[C@](N)(Cc1ccc(O)c(O)c1)C(=O)O. The number of phenols is 2. The van der Waals surface area contributed by atoms with Gasteiger partial charge in [0.2, 0.25) is 0 Å². The highest BCUT2D eigenvalue weighted by molar-refractivity contribution is 5.89. The third-order valence-electron chi connectivity index (χ3n) is 4.75. The van der Waals surface area contributed by atoms with E-state index in [1.54, 1.807) is 44.2 Å². The van der Waals surface area contributed by atoms with Gasteiger partial charge in [0.05, 0.1) is 5.56 Å². The minimum Gasteiger partial charge on any atom is -0.504 e. The number of aromatic hydroxyl groups is 2. The molecule has 0 unspecified atom stereocenters. The van der Waals surface area contributed by atoms with Crippen LogP contribution in [0.15, 0.2) is 48.5 Å². The summed E-state index contributed by atoms with van der Waals surface area (Å²) in [7, 11) is 0. The maximum absolute atomic E-state index is 12.2. The van der Waals surface area contributed by atoms with Crippen LogP contribution in [0.5, 0.6) is 11.5 Å². The Hall–Kier alpha value is -3.06. The second kappa shape index (κ2) is 8.09. The quantitative estimate of drug-likeness (QED) is 0.433. The van der Waals surface area contributed by atoms with Crippen LogP contribution in [0.4, 0.5) is 0 Å². The summed E-state index contributed by atoms with van der Waals surface area (Å²) in [6.07, 6.45) is -0.894. The first-order valence-corrected chi connectivity index (χ1v) is 8.44. The Morgan fingerprint density at radius 3 is 2.26 bits per heavy atom. The van der Waals surface area contributed by atoms with Gasteiger partial charge in [0.25, 0.3) is 0 Å². The molecule has 2 aromatic carbocycles. The summed E-state index contributed by atoms with van der Waals surface area (Å²) >= 11 is 0. The average molecular weight is 373 g/mol. The van der Waals surface area contributed by atoms with Crippen LogP contribution in [0, 0.1) is 5.92 Å². The molecule has 27 heavy (non-hydrogen) atoms. The molecule has 2 rings (SSSR count). The summed E-state index contributed by atoms with van der Waals surface area (Å²) in [6.45, 7) is 3.18. The van der Waals surface area contributed by atoms with E-state index in [2.05, 4.69) is 0 Å². The number of ether oxygens (including phenoxy) is 1. The first kappa shape index (κ1) is 20.3. The number of aliphatic carboxylic acids is 1. The van der Waals surface area contributed by atoms with E-state index in [1.807, 2.05) is 0 Å². The van der Waals surface area contributed by atoms with E-state index in [1.165, 1.54) is 18.2 Å². The second-order valence-electron chi connectivity index (χ2n) is 6.61. The lowest BCUT2D eigenvalue weighted by molar-refractivity contribution is -0.147. The Bertz CT molecular complexity index is 822. The number of rotatable bonds is 7. The summed E-state index contributed by atoms with van der Waals surface area (Å²) in [5.41, 5.74) is 5.23. The Morgan fingerprint density at radius 1 is 1.07 bits per heavy atom. The number of carbonyl (C=O) groups is 2. The maximum atomic E-state index is 12.2. The highest BCUT2D eigenvalue weighted by Gasteiger charge is 2.43. The van der Waals surface area contributed by atoms with Crippen molar-refractivity contribution in [2.45, 2.75) is 31.9 Å². The van der Waals surface area contributed by atoms with Crippen LogP contribution in [0.25, 0.3) is 0 Å². The summed E-state index contributed by atoms with van der Waals surface area (Å²) in [4.78, 5) is 24.1. The van der Waals surface area contributed by atoms with Crippen molar-refractivity contribution in [3.63, 3.8) is 0 Å². The molecule has 144 valence electrons. The van der Waals surface area contributed by atoms with Gasteiger partial charge in [-0.2, -0.15) is 0 Å². The summed E-state index contributed by atoms with van der Waals surface area (Å²) in [6, 6.07) is 12.4. The van der Waals surface area contributed by atoms with Crippen molar-refractivity contribution in [3.05, 3.63) is 59.7 Å². The predicted molar refractivity (Wildman–Crippen MR) is 98.5 cm³/mol. The monoisotopic (exact) mass is 373 g/mol. The Balaban J connectivity index is 2.19. The number of hydrogen-bond donors (Lipinski definition) is 4. The van der Waals surface area contributed by atoms with Crippen LogP contribution < -0.4 is 5.73 Å². The summed E-state index contributed by atoms with van der Waals surface area (Å²) in [5, 5.41) is 28.7. The first-order valence-electron chi connectivity index (χ1n) is 8.44. The van der Waals surface area contributed by atoms with Gasteiger partial charge >= 0.3 is 11.9 Å². The average Bonchev–Trinajstić information content (AvgIpc) is 2.64. The first-order chi connectivity index (χ1) is 12.6. The van der Waals surface area contributed by atoms with E-state index >= 15 is 0 Å². The number of carboxylic acids is 1. The molecule has 5 N–H and O–H groups in total. The lowest BCUT2D eigenvalue weighted by Gasteiger charge is -2.35. The van der Waals surface area contributed by atoms with Gasteiger partial charge in [-0.3, -0.25) is 4.79 Å². The smallest absolute Gasteiger partial charge is 0.338 e. The zero-order valence-corrected chi connectivity index (χ0v) is 15.1. The molecule has 0 aliphatic carbocycles. The van der Waals surface area contributed by atoms with Gasteiger partial charge in [0.15, 0.2) is 11.5 Å². The third kappa shape index (κ3) is 4.57. The molecule has 0 saturated carbocycles. The number of carboxylic acid groups (broad SMARTS) is 1. The van der Waals surface area contributed by atoms with Crippen LogP contribution in [0.2, 0.25) is 0 Å². The van der Waals surface area contributed by atoms with Gasteiger partial charge in [-0.05, 0) is 36.8 Å². The highest BCUT2D eigenvalue weighted by Crippen LogP contribution is 2.30. The molecule has 0 aliphatic heterocycles. The van der Waals surface area contributed by atoms with Crippen molar-refractivity contribution in [1.82, 2.24) is 0 Å². The molecule has 0 saturated heterocycles. The third-order valence-corrected chi connectivity index (χ3v) is 4.75. The fourth-order valence-corrected chi connectivity index (χ4v) is 2.78. The van der Waals surface area contributed by atoms with E-state index in [0.717, 1.165) is 0 Å². The van der Waals surface area contributed by atoms with Crippen molar-refractivity contribution < 1.29 is 29.6 Å². The van der Waals surface area contributed by atoms with Gasteiger partial charge in [0, 0.05) is 12.3 Å². The molecule has 3 atom stereocenters. The van der Waals surface area contributed by atoms with E-state index < -0.39 is 29.5 Å². The Labute approximate surface area is 157 Å². The number of carbonyl (C=O) groups excluding carboxylic acids is 1. The number of esters is 1. The predicted octanol–water partition coefficient (Wildman–Crippen LogP) is 2.30. The number of hydrogen-bond acceptors (Lipinski definition) is 6. The molecule has 0 aliphatic rings. The fourth-order valence-electron chi connectivity index (χ4n) is 2.78. The van der Waals surface area contributed by atoms with E-state index in [9.17, 15) is 24.9 Å². The number of phenolic OH excluding ortho intramolecular Hbond substituents is 2. The van der Waals surface area contributed by atoms with Crippen LogP contribution in [-0.4, -0.2) is 38.9 Å². The molecule has 7 nitrogen and oxygen atoms in total.